The molecule has 5 heteroatoms. The summed E-state index contributed by atoms with van der Waals surface area (Å²) in [5.41, 5.74) is 1.98. The monoisotopic (exact) mass is 346 g/mol. The number of phenolic OH excluding ortho intramolecular Hbond substituents is 1. The minimum atomic E-state index is 0.125. The maximum Gasteiger partial charge on any atom is 0.162 e. The second-order valence-electron chi connectivity index (χ2n) is 4.35. The van der Waals surface area contributed by atoms with Crippen molar-refractivity contribution < 1.29 is 9.84 Å². The summed E-state index contributed by atoms with van der Waals surface area (Å²) >= 11 is 3.38. The molecular formula is C16H15BrN2O2. The summed E-state index contributed by atoms with van der Waals surface area (Å²) in [6.07, 6.45) is 0. The molecule has 0 saturated carbocycles. The molecule has 0 bridgehead atoms. The second-order valence-corrected chi connectivity index (χ2v) is 5.27. The molecule has 0 spiro atoms. The maximum absolute atomic E-state index is 10.1. The molecule has 0 radical (unpaired) electrons. The molecule has 2 N–H and O–H groups in total. The van der Waals surface area contributed by atoms with Crippen molar-refractivity contribution in [3.8, 4) is 17.6 Å². The number of halogens is 1. The average molecular weight is 347 g/mol. The van der Waals surface area contributed by atoms with Gasteiger partial charge in [-0.1, -0.05) is 28.1 Å². The van der Waals surface area contributed by atoms with Gasteiger partial charge >= 0.3 is 0 Å². The molecule has 108 valence electrons. The van der Waals surface area contributed by atoms with Gasteiger partial charge in [0.1, 0.15) is 6.07 Å². The van der Waals surface area contributed by atoms with Crippen molar-refractivity contribution in [1.82, 2.24) is 0 Å². The molecule has 0 saturated heterocycles. The Labute approximate surface area is 132 Å². The van der Waals surface area contributed by atoms with E-state index < -0.39 is 0 Å². The summed E-state index contributed by atoms with van der Waals surface area (Å²) < 4.78 is 6.24. The molecule has 0 fully saturated rings. The molecule has 21 heavy (non-hydrogen) atoms. The summed E-state index contributed by atoms with van der Waals surface area (Å²) in [7, 11) is 0. The molecule has 0 aromatic heterocycles. The number of benzene rings is 2. The molecule has 4 nitrogen and oxygen atoms in total. The van der Waals surface area contributed by atoms with Gasteiger partial charge in [-0.15, -0.1) is 0 Å². The van der Waals surface area contributed by atoms with Crippen LogP contribution in [0, 0.1) is 11.3 Å². The van der Waals surface area contributed by atoms with E-state index >= 15 is 0 Å². The lowest BCUT2D eigenvalue weighted by Crippen LogP contribution is -2.02. The number of aromatic hydroxyl groups is 1. The van der Waals surface area contributed by atoms with Gasteiger partial charge < -0.3 is 15.2 Å². The lowest BCUT2D eigenvalue weighted by molar-refractivity contribution is 0.317. The predicted molar refractivity (Wildman–Crippen MR) is 85.5 cm³/mol. The summed E-state index contributed by atoms with van der Waals surface area (Å²) in [5, 5.41) is 22.4. The summed E-state index contributed by atoms with van der Waals surface area (Å²) in [6.45, 7) is 2.76. The third kappa shape index (κ3) is 3.67. The minimum absolute atomic E-state index is 0.125. The zero-order chi connectivity index (χ0) is 15.2. The lowest BCUT2D eigenvalue weighted by Gasteiger charge is -2.12. The first-order valence-electron chi connectivity index (χ1n) is 6.53. The Kier molecular flexibility index (Phi) is 5.07. The van der Waals surface area contributed by atoms with Crippen molar-refractivity contribution in [1.29, 1.82) is 5.26 Å². The van der Waals surface area contributed by atoms with E-state index in [-0.39, 0.29) is 5.75 Å². The van der Waals surface area contributed by atoms with E-state index in [0.717, 1.165) is 4.47 Å². The Balaban J connectivity index is 2.19. The number of ether oxygens (including phenoxy) is 1. The number of anilines is 1. The van der Waals surface area contributed by atoms with Crippen LogP contribution in [0.5, 0.6) is 11.5 Å². The Morgan fingerprint density at radius 1 is 1.33 bits per heavy atom. The van der Waals surface area contributed by atoms with Gasteiger partial charge in [0.05, 0.1) is 17.9 Å². The van der Waals surface area contributed by atoms with Crippen molar-refractivity contribution in [3.05, 3.63) is 52.0 Å². The van der Waals surface area contributed by atoms with E-state index in [1.807, 2.05) is 31.2 Å². The molecule has 0 aliphatic rings. The van der Waals surface area contributed by atoms with E-state index in [0.29, 0.717) is 35.7 Å². The fourth-order valence-corrected chi connectivity index (χ4v) is 2.29. The van der Waals surface area contributed by atoms with Crippen LogP contribution in [-0.2, 0) is 6.54 Å². The van der Waals surface area contributed by atoms with Crippen LogP contribution in [0.1, 0.15) is 18.1 Å². The number of hydrogen-bond donors (Lipinski definition) is 2. The fourth-order valence-electron chi connectivity index (χ4n) is 1.93. The van der Waals surface area contributed by atoms with E-state index in [1.54, 1.807) is 12.1 Å². The van der Waals surface area contributed by atoms with Gasteiger partial charge in [0.2, 0.25) is 0 Å². The topological polar surface area (TPSA) is 65.3 Å². The third-order valence-electron chi connectivity index (χ3n) is 2.95. The molecule has 0 atom stereocenters. The Bertz CT molecular complexity index is 680. The van der Waals surface area contributed by atoms with Crippen LogP contribution in [0.3, 0.4) is 0 Å². The standard InChI is InChI=1S/C16H15BrN2O2/c1-2-21-15-5-3-4-12(16(15)20)10-19-14-8-13(17)7-6-11(14)9-18/h3-8,19-20H,2,10H2,1H3. The highest BCUT2D eigenvalue weighted by molar-refractivity contribution is 9.10. The van der Waals surface area contributed by atoms with Gasteiger partial charge in [0.25, 0.3) is 0 Å². The smallest absolute Gasteiger partial charge is 0.162 e. The first kappa shape index (κ1) is 15.2. The molecule has 0 aliphatic carbocycles. The first-order valence-corrected chi connectivity index (χ1v) is 7.32. The Morgan fingerprint density at radius 2 is 2.14 bits per heavy atom. The number of para-hydroxylation sites is 1. The average Bonchev–Trinajstić information content (AvgIpc) is 2.48. The van der Waals surface area contributed by atoms with Gasteiger partial charge in [-0.05, 0) is 31.2 Å². The van der Waals surface area contributed by atoms with Crippen molar-refractivity contribution in [2.24, 2.45) is 0 Å². The highest BCUT2D eigenvalue weighted by Gasteiger charge is 2.09. The van der Waals surface area contributed by atoms with Gasteiger partial charge in [-0.25, -0.2) is 0 Å². The summed E-state index contributed by atoms with van der Waals surface area (Å²) in [4.78, 5) is 0. The predicted octanol–water partition coefficient (Wildman–Crippen LogP) is 4.04. The van der Waals surface area contributed by atoms with E-state index in [1.165, 1.54) is 0 Å². The van der Waals surface area contributed by atoms with Crippen LogP contribution in [0.4, 0.5) is 5.69 Å². The number of nitrogens with zero attached hydrogens (tertiary/aromatic N) is 1. The molecule has 2 aromatic rings. The van der Waals surface area contributed by atoms with Crippen molar-refractivity contribution >= 4 is 21.6 Å². The maximum atomic E-state index is 10.1. The molecule has 0 heterocycles. The van der Waals surface area contributed by atoms with Gasteiger partial charge in [-0.3, -0.25) is 0 Å². The zero-order valence-electron chi connectivity index (χ0n) is 11.6. The van der Waals surface area contributed by atoms with Crippen LogP contribution in [0.2, 0.25) is 0 Å². The normalized spacial score (nSPS) is 9.95. The SMILES string of the molecule is CCOc1cccc(CNc2cc(Br)ccc2C#N)c1O. The van der Waals surface area contributed by atoms with Gasteiger partial charge in [-0.2, -0.15) is 5.26 Å². The van der Waals surface area contributed by atoms with Gasteiger partial charge in [0.15, 0.2) is 11.5 Å². The van der Waals surface area contributed by atoms with Crippen LogP contribution < -0.4 is 10.1 Å². The molecule has 0 unspecified atom stereocenters. The Hall–Kier alpha value is -2.19. The van der Waals surface area contributed by atoms with Crippen LogP contribution in [-0.4, -0.2) is 11.7 Å². The number of hydrogen-bond acceptors (Lipinski definition) is 4. The molecule has 0 aliphatic heterocycles. The fraction of sp³-hybridized carbons (Fsp3) is 0.188. The van der Waals surface area contributed by atoms with Crippen molar-refractivity contribution in [2.45, 2.75) is 13.5 Å². The zero-order valence-corrected chi connectivity index (χ0v) is 13.1. The van der Waals surface area contributed by atoms with E-state index in [4.69, 9.17) is 10.00 Å². The third-order valence-corrected chi connectivity index (χ3v) is 3.45. The molecule has 2 rings (SSSR count). The van der Waals surface area contributed by atoms with Crippen molar-refractivity contribution in [3.63, 3.8) is 0 Å². The lowest BCUT2D eigenvalue weighted by atomic mass is 10.1. The number of phenols is 1. The van der Waals surface area contributed by atoms with Crippen LogP contribution in [0.15, 0.2) is 40.9 Å². The Morgan fingerprint density at radius 3 is 2.86 bits per heavy atom. The minimum Gasteiger partial charge on any atom is -0.504 e. The van der Waals surface area contributed by atoms with Crippen LogP contribution >= 0.6 is 15.9 Å². The second kappa shape index (κ2) is 7.00. The quantitative estimate of drug-likeness (QED) is 0.857. The summed E-state index contributed by atoms with van der Waals surface area (Å²) in [5.74, 6) is 0.590. The number of rotatable bonds is 5. The van der Waals surface area contributed by atoms with E-state index in [2.05, 4.69) is 27.3 Å². The van der Waals surface area contributed by atoms with E-state index in [9.17, 15) is 5.11 Å². The summed E-state index contributed by atoms with van der Waals surface area (Å²) in [6, 6.07) is 12.9. The van der Waals surface area contributed by atoms with Crippen molar-refractivity contribution in [2.75, 3.05) is 11.9 Å². The first-order chi connectivity index (χ1) is 10.2. The highest BCUT2D eigenvalue weighted by Crippen LogP contribution is 2.30. The highest BCUT2D eigenvalue weighted by atomic mass is 79.9. The number of nitrogens with one attached hydrogen (secondary N) is 1. The number of nitriles is 1. The molecule has 2 aromatic carbocycles. The van der Waals surface area contributed by atoms with Crippen LogP contribution in [0.25, 0.3) is 0 Å². The molecular weight excluding hydrogens is 332 g/mol. The van der Waals surface area contributed by atoms with Gasteiger partial charge in [0, 0.05) is 16.6 Å². The largest absolute Gasteiger partial charge is 0.504 e. The molecule has 0 amide bonds.